The molecule has 9 heteroatoms. The molecular formula is C22H20F3N5O. The van der Waals surface area contributed by atoms with Gasteiger partial charge >= 0.3 is 6.18 Å². The van der Waals surface area contributed by atoms with Gasteiger partial charge in [0.2, 0.25) is 5.60 Å². The number of rotatable bonds is 5. The zero-order valence-corrected chi connectivity index (χ0v) is 16.8. The number of alkyl halides is 3. The van der Waals surface area contributed by atoms with E-state index < -0.39 is 11.8 Å². The summed E-state index contributed by atoms with van der Waals surface area (Å²) in [5, 5.41) is 22.1. The molecule has 0 aliphatic heterocycles. The maximum atomic E-state index is 14.4. The second kappa shape index (κ2) is 7.28. The average Bonchev–Trinajstić information content (AvgIpc) is 3.30. The van der Waals surface area contributed by atoms with Crippen LogP contribution in [0.15, 0.2) is 61.2 Å². The second-order valence-electron chi connectivity index (χ2n) is 7.37. The number of nitrogens with zero attached hydrogens (tertiary/aromatic N) is 3. The molecule has 0 spiro atoms. The number of halogens is 3. The smallest absolute Gasteiger partial charge is 0.372 e. The fourth-order valence-electron chi connectivity index (χ4n) is 3.74. The van der Waals surface area contributed by atoms with Crippen LogP contribution < -0.4 is 5.32 Å². The topological polar surface area (TPSA) is 78.9 Å². The Labute approximate surface area is 176 Å². The number of aryl methyl sites for hydroxylation is 2. The third kappa shape index (κ3) is 3.36. The molecule has 31 heavy (non-hydrogen) atoms. The van der Waals surface area contributed by atoms with E-state index in [1.807, 2.05) is 0 Å². The summed E-state index contributed by atoms with van der Waals surface area (Å²) in [5.74, 6) is 0.485. The Kier molecular flexibility index (Phi) is 4.85. The third-order valence-electron chi connectivity index (χ3n) is 5.29. The number of imidazole rings is 1. The van der Waals surface area contributed by atoms with Gasteiger partial charge in [-0.05, 0) is 23.8 Å². The Hall–Kier alpha value is -3.59. The lowest BCUT2D eigenvalue weighted by Gasteiger charge is -2.31. The predicted molar refractivity (Wildman–Crippen MR) is 113 cm³/mol. The van der Waals surface area contributed by atoms with Crippen LogP contribution in [0.3, 0.4) is 0 Å². The fourth-order valence-corrected chi connectivity index (χ4v) is 3.74. The molecule has 2 aromatic heterocycles. The first-order valence-corrected chi connectivity index (χ1v) is 9.39. The number of hydrogen-bond acceptors (Lipinski definition) is 4. The molecule has 4 aromatic rings. The first-order chi connectivity index (χ1) is 14.6. The molecule has 2 heterocycles. The van der Waals surface area contributed by atoms with Crippen molar-refractivity contribution in [1.82, 2.24) is 14.1 Å². The Morgan fingerprint density at radius 1 is 1.10 bits per heavy atom. The minimum Gasteiger partial charge on any atom is -0.372 e. The van der Waals surface area contributed by atoms with Gasteiger partial charge in [-0.25, -0.2) is 4.98 Å². The van der Waals surface area contributed by atoms with Gasteiger partial charge in [0.25, 0.3) is 0 Å². The number of para-hydroxylation sites is 1. The summed E-state index contributed by atoms with van der Waals surface area (Å²) >= 11 is 0. The van der Waals surface area contributed by atoms with E-state index in [9.17, 15) is 18.3 Å². The quantitative estimate of drug-likeness (QED) is 0.412. The molecule has 4 rings (SSSR count). The SMILES string of the molecule is Cn1cnc(Nc2ccc(C(O)(c3cn(C)c4ccccc34)C(F)(F)F)cc2C=N)c1. The summed E-state index contributed by atoms with van der Waals surface area (Å²) < 4.78 is 46.3. The normalized spacial score (nSPS) is 13.9. The van der Waals surface area contributed by atoms with Crippen LogP contribution in [0, 0.1) is 5.41 Å². The molecule has 0 radical (unpaired) electrons. The zero-order chi connectivity index (χ0) is 22.4. The summed E-state index contributed by atoms with van der Waals surface area (Å²) in [6, 6.07) is 10.4. The number of aliphatic hydroxyl groups is 1. The van der Waals surface area contributed by atoms with Crippen molar-refractivity contribution in [1.29, 1.82) is 5.41 Å². The third-order valence-corrected chi connectivity index (χ3v) is 5.29. The van der Waals surface area contributed by atoms with Crippen molar-refractivity contribution in [2.75, 3.05) is 5.32 Å². The van der Waals surface area contributed by atoms with E-state index in [1.165, 1.54) is 24.4 Å². The molecule has 160 valence electrons. The van der Waals surface area contributed by atoms with Crippen LogP contribution in [0.25, 0.3) is 10.9 Å². The summed E-state index contributed by atoms with van der Waals surface area (Å²) in [6.45, 7) is 0. The molecule has 1 atom stereocenters. The van der Waals surface area contributed by atoms with Crippen LogP contribution in [0.5, 0.6) is 0 Å². The molecule has 2 aromatic carbocycles. The summed E-state index contributed by atoms with van der Waals surface area (Å²) in [6.07, 6.45) is 0.511. The monoisotopic (exact) mass is 427 g/mol. The molecule has 6 nitrogen and oxygen atoms in total. The number of aromatic nitrogens is 3. The minimum absolute atomic E-state index is 0.186. The standard InChI is InChI=1S/C22H20F3N5O/c1-29-12-20(27-13-29)28-18-8-7-15(9-14(18)10-26)21(31,22(23,24)25)17-11-30(2)19-6-4-3-5-16(17)19/h3-13,26,28,31H,1-2H3. The lowest BCUT2D eigenvalue weighted by Crippen LogP contribution is -2.43. The highest BCUT2D eigenvalue weighted by molar-refractivity contribution is 5.89. The maximum Gasteiger partial charge on any atom is 0.425 e. The number of fused-ring (bicyclic) bond motifs is 1. The summed E-state index contributed by atoms with van der Waals surface area (Å²) in [5.41, 5.74) is -2.73. The van der Waals surface area contributed by atoms with Crippen LogP contribution in [0.1, 0.15) is 16.7 Å². The first-order valence-electron chi connectivity index (χ1n) is 9.39. The van der Waals surface area contributed by atoms with Crippen molar-refractivity contribution in [3.05, 3.63) is 77.9 Å². The number of anilines is 2. The Bertz CT molecular complexity index is 1270. The van der Waals surface area contributed by atoms with Gasteiger partial charge in [0.1, 0.15) is 5.82 Å². The first kappa shape index (κ1) is 20.7. The van der Waals surface area contributed by atoms with Crippen molar-refractivity contribution in [3.63, 3.8) is 0 Å². The lowest BCUT2D eigenvalue weighted by atomic mass is 9.84. The highest BCUT2D eigenvalue weighted by Crippen LogP contribution is 2.47. The molecule has 3 N–H and O–H groups in total. The van der Waals surface area contributed by atoms with Crippen molar-refractivity contribution < 1.29 is 18.3 Å². The van der Waals surface area contributed by atoms with Crippen LogP contribution >= 0.6 is 0 Å². The maximum absolute atomic E-state index is 14.4. The van der Waals surface area contributed by atoms with Gasteiger partial charge in [-0.2, -0.15) is 13.2 Å². The van der Waals surface area contributed by atoms with Gasteiger partial charge in [0.15, 0.2) is 0 Å². The molecular weight excluding hydrogens is 407 g/mol. The predicted octanol–water partition coefficient (Wildman–Crippen LogP) is 4.45. The molecule has 1 unspecified atom stereocenters. The van der Waals surface area contributed by atoms with E-state index in [1.54, 1.807) is 60.0 Å². The largest absolute Gasteiger partial charge is 0.425 e. The zero-order valence-electron chi connectivity index (χ0n) is 16.8. The molecule has 0 aliphatic rings. The Morgan fingerprint density at radius 3 is 2.48 bits per heavy atom. The summed E-state index contributed by atoms with van der Waals surface area (Å²) in [7, 11) is 3.41. The molecule has 0 bridgehead atoms. The Morgan fingerprint density at radius 2 is 1.84 bits per heavy atom. The highest BCUT2D eigenvalue weighted by Gasteiger charge is 2.57. The van der Waals surface area contributed by atoms with Crippen molar-refractivity contribution in [2.24, 2.45) is 14.1 Å². The summed E-state index contributed by atoms with van der Waals surface area (Å²) in [4.78, 5) is 4.13. The molecule has 0 amide bonds. The van der Waals surface area contributed by atoms with E-state index in [4.69, 9.17) is 5.41 Å². The lowest BCUT2D eigenvalue weighted by molar-refractivity contribution is -0.247. The van der Waals surface area contributed by atoms with Gasteiger partial charge in [0.05, 0.1) is 6.33 Å². The van der Waals surface area contributed by atoms with E-state index in [-0.39, 0.29) is 16.7 Å². The van der Waals surface area contributed by atoms with Gasteiger partial charge in [-0.1, -0.05) is 24.3 Å². The van der Waals surface area contributed by atoms with Crippen LogP contribution in [0.4, 0.5) is 24.7 Å². The van der Waals surface area contributed by atoms with Crippen molar-refractivity contribution >= 4 is 28.6 Å². The van der Waals surface area contributed by atoms with Gasteiger partial charge in [-0.3, -0.25) is 0 Å². The van der Waals surface area contributed by atoms with Crippen molar-refractivity contribution in [2.45, 2.75) is 11.8 Å². The minimum atomic E-state index is -4.99. The van der Waals surface area contributed by atoms with Crippen LogP contribution in [-0.4, -0.2) is 31.6 Å². The van der Waals surface area contributed by atoms with Gasteiger partial charge < -0.3 is 25.0 Å². The van der Waals surface area contributed by atoms with E-state index >= 15 is 0 Å². The molecule has 0 aliphatic carbocycles. The fraction of sp³-hybridized carbons (Fsp3) is 0.182. The van der Waals surface area contributed by atoms with Crippen LogP contribution in [-0.2, 0) is 19.7 Å². The number of benzene rings is 2. The molecule has 0 saturated carbocycles. The van der Waals surface area contributed by atoms with Crippen LogP contribution in [0.2, 0.25) is 0 Å². The van der Waals surface area contributed by atoms with Crippen molar-refractivity contribution in [3.8, 4) is 0 Å². The number of hydrogen-bond donors (Lipinski definition) is 3. The number of nitrogens with one attached hydrogen (secondary N) is 2. The van der Waals surface area contributed by atoms with Gasteiger partial charge in [-0.15, -0.1) is 0 Å². The second-order valence-corrected chi connectivity index (χ2v) is 7.37. The molecule has 0 fully saturated rings. The van der Waals surface area contributed by atoms with E-state index in [0.29, 0.717) is 22.4 Å². The molecule has 0 saturated heterocycles. The highest BCUT2D eigenvalue weighted by atomic mass is 19.4. The Balaban J connectivity index is 1.88. The average molecular weight is 427 g/mol. The van der Waals surface area contributed by atoms with E-state index in [2.05, 4.69) is 10.3 Å². The van der Waals surface area contributed by atoms with E-state index in [0.717, 1.165) is 6.21 Å². The van der Waals surface area contributed by atoms with Gasteiger partial charge in [0, 0.05) is 60.4 Å².